The predicted octanol–water partition coefficient (Wildman–Crippen LogP) is 4.24. The Bertz CT molecular complexity index is 489. The van der Waals surface area contributed by atoms with Crippen molar-refractivity contribution in [1.29, 1.82) is 0 Å². The van der Waals surface area contributed by atoms with Crippen LogP contribution < -0.4 is 0 Å². The molecule has 0 aliphatic carbocycles. The summed E-state index contributed by atoms with van der Waals surface area (Å²) in [6.45, 7) is 5.31. The Morgan fingerprint density at radius 2 is 2.00 bits per heavy atom. The van der Waals surface area contributed by atoms with Crippen molar-refractivity contribution in [3.8, 4) is 0 Å². The predicted molar refractivity (Wildman–Crippen MR) is 80.7 cm³/mol. The van der Waals surface area contributed by atoms with E-state index in [0.29, 0.717) is 18.7 Å². The molecule has 20 heavy (non-hydrogen) atoms. The van der Waals surface area contributed by atoms with Crippen LogP contribution in [-0.2, 0) is 11.4 Å². The second-order valence-electron chi connectivity index (χ2n) is 5.32. The Morgan fingerprint density at radius 1 is 1.35 bits per heavy atom. The molecule has 6 heteroatoms. The fourth-order valence-electron chi connectivity index (χ4n) is 1.42. The minimum Gasteiger partial charge on any atom is -0.591 e. The molecule has 0 radical (unpaired) electrons. The van der Waals surface area contributed by atoms with Crippen molar-refractivity contribution in [2.45, 2.75) is 38.4 Å². The Balaban J connectivity index is 3.18. The molecule has 0 amide bonds. The van der Waals surface area contributed by atoms with E-state index in [2.05, 4.69) is 4.40 Å². The first-order valence-electron chi connectivity index (χ1n) is 6.26. The average Bonchev–Trinajstić information content (AvgIpc) is 2.36. The molecule has 0 saturated carbocycles. The minimum atomic E-state index is -1.53. The van der Waals surface area contributed by atoms with Crippen LogP contribution in [0, 0.1) is 11.6 Å². The van der Waals surface area contributed by atoms with Crippen LogP contribution in [0.3, 0.4) is 0 Å². The second-order valence-corrected chi connectivity index (χ2v) is 7.60. The number of alkyl halides is 1. The van der Waals surface area contributed by atoms with Gasteiger partial charge in [0, 0.05) is 11.4 Å². The van der Waals surface area contributed by atoms with E-state index in [-0.39, 0.29) is 11.3 Å². The number of rotatable bonds is 5. The fourth-order valence-corrected chi connectivity index (χ4v) is 2.22. The Morgan fingerprint density at radius 3 is 2.55 bits per heavy atom. The molecule has 0 N–H and O–H groups in total. The van der Waals surface area contributed by atoms with Gasteiger partial charge in [-0.3, -0.25) is 0 Å². The lowest BCUT2D eigenvalue weighted by molar-refractivity contribution is 0.561. The normalized spacial score (nSPS) is 14.4. The zero-order valence-electron chi connectivity index (χ0n) is 11.8. The van der Waals surface area contributed by atoms with E-state index in [1.54, 1.807) is 20.8 Å². The summed E-state index contributed by atoms with van der Waals surface area (Å²) < 4.78 is 42.7. The van der Waals surface area contributed by atoms with Crippen molar-refractivity contribution < 1.29 is 13.3 Å². The molecule has 1 unspecified atom stereocenters. The SMILES string of the molecule is CC(C)(C)[S+]([O-])/N=C(\CCCCl)c1cc(F)ccc1F. The standard InChI is InChI=1S/C14H18ClF2NOS/c1-14(2,3)20(19)18-13(5-4-8-15)11-9-10(16)6-7-12(11)17/h6-7,9H,4-5,8H2,1-3H3/b18-13+. The molecule has 1 aromatic carbocycles. The number of benzene rings is 1. The van der Waals surface area contributed by atoms with E-state index in [1.807, 2.05) is 0 Å². The summed E-state index contributed by atoms with van der Waals surface area (Å²) in [6, 6.07) is 3.15. The molecule has 112 valence electrons. The van der Waals surface area contributed by atoms with E-state index in [9.17, 15) is 13.3 Å². The molecule has 0 aliphatic rings. The van der Waals surface area contributed by atoms with Crippen molar-refractivity contribution in [3.05, 3.63) is 35.4 Å². The largest absolute Gasteiger partial charge is 0.591 e. The maximum Gasteiger partial charge on any atom is 0.144 e. The van der Waals surface area contributed by atoms with E-state index in [1.165, 1.54) is 0 Å². The van der Waals surface area contributed by atoms with Crippen molar-refractivity contribution >= 4 is 28.7 Å². The van der Waals surface area contributed by atoms with E-state index in [0.717, 1.165) is 18.2 Å². The van der Waals surface area contributed by atoms with Crippen LogP contribution in [0.15, 0.2) is 22.6 Å². The van der Waals surface area contributed by atoms with Gasteiger partial charge in [0.1, 0.15) is 33.5 Å². The highest BCUT2D eigenvalue weighted by Crippen LogP contribution is 2.21. The lowest BCUT2D eigenvalue weighted by Gasteiger charge is -2.19. The molecule has 0 saturated heterocycles. The third kappa shape index (κ3) is 5.04. The lowest BCUT2D eigenvalue weighted by atomic mass is 10.1. The van der Waals surface area contributed by atoms with Gasteiger partial charge in [0.25, 0.3) is 0 Å². The fraction of sp³-hybridized carbons (Fsp3) is 0.500. The van der Waals surface area contributed by atoms with Crippen LogP contribution in [0.5, 0.6) is 0 Å². The topological polar surface area (TPSA) is 35.4 Å². The van der Waals surface area contributed by atoms with Gasteiger partial charge in [0.15, 0.2) is 0 Å². The molecule has 0 spiro atoms. The van der Waals surface area contributed by atoms with Gasteiger partial charge in [-0.15, -0.1) is 11.6 Å². The summed E-state index contributed by atoms with van der Waals surface area (Å²) in [5, 5.41) is 0. The Labute approximate surface area is 126 Å². The first-order chi connectivity index (χ1) is 9.25. The highest BCUT2D eigenvalue weighted by molar-refractivity contribution is 7.91. The van der Waals surface area contributed by atoms with E-state index < -0.39 is 27.7 Å². The van der Waals surface area contributed by atoms with Gasteiger partial charge >= 0.3 is 0 Å². The van der Waals surface area contributed by atoms with Gasteiger partial charge in [0.2, 0.25) is 0 Å². The molecule has 0 bridgehead atoms. The molecule has 0 aromatic heterocycles. The van der Waals surface area contributed by atoms with Crippen LogP contribution in [-0.4, -0.2) is 20.9 Å². The highest BCUT2D eigenvalue weighted by atomic mass is 35.5. The molecule has 0 fully saturated rings. The molecule has 1 atom stereocenters. The summed E-state index contributed by atoms with van der Waals surface area (Å²) in [4.78, 5) is 0. The van der Waals surface area contributed by atoms with Crippen LogP contribution in [0.4, 0.5) is 8.78 Å². The van der Waals surface area contributed by atoms with Gasteiger partial charge in [-0.1, -0.05) is 4.40 Å². The molecule has 0 aliphatic heterocycles. The number of halogens is 3. The maximum absolute atomic E-state index is 13.8. The number of nitrogens with zero attached hydrogens (tertiary/aromatic N) is 1. The van der Waals surface area contributed by atoms with Gasteiger partial charge in [-0.25, -0.2) is 8.78 Å². The highest BCUT2D eigenvalue weighted by Gasteiger charge is 2.28. The summed E-state index contributed by atoms with van der Waals surface area (Å²) >= 11 is 4.10. The van der Waals surface area contributed by atoms with Crippen molar-refractivity contribution in [2.75, 3.05) is 5.88 Å². The van der Waals surface area contributed by atoms with Crippen LogP contribution in [0.2, 0.25) is 0 Å². The van der Waals surface area contributed by atoms with Crippen molar-refractivity contribution in [2.24, 2.45) is 4.40 Å². The van der Waals surface area contributed by atoms with Gasteiger partial charge < -0.3 is 4.55 Å². The average molecular weight is 322 g/mol. The first kappa shape index (κ1) is 17.4. The molecular weight excluding hydrogens is 304 g/mol. The van der Waals surface area contributed by atoms with E-state index >= 15 is 0 Å². The summed E-state index contributed by atoms with van der Waals surface area (Å²) in [6.07, 6.45) is 0.906. The van der Waals surface area contributed by atoms with Crippen LogP contribution >= 0.6 is 11.6 Å². The Kier molecular flexibility index (Phi) is 6.43. The minimum absolute atomic E-state index is 0.0488. The van der Waals surface area contributed by atoms with Crippen molar-refractivity contribution in [1.82, 2.24) is 0 Å². The van der Waals surface area contributed by atoms with Gasteiger partial charge in [-0.2, -0.15) is 0 Å². The molecule has 0 heterocycles. The van der Waals surface area contributed by atoms with E-state index in [4.69, 9.17) is 11.6 Å². The quantitative estimate of drug-likeness (QED) is 0.454. The zero-order valence-corrected chi connectivity index (χ0v) is 13.3. The maximum atomic E-state index is 13.8. The molecule has 1 aromatic rings. The molecular formula is C14H18ClF2NOS. The third-order valence-corrected chi connectivity index (χ3v) is 4.20. The van der Waals surface area contributed by atoms with Crippen molar-refractivity contribution in [3.63, 3.8) is 0 Å². The number of hydrogen-bond donors (Lipinski definition) is 0. The number of hydrogen-bond acceptors (Lipinski definition) is 2. The van der Waals surface area contributed by atoms with Gasteiger partial charge in [0.05, 0.1) is 0 Å². The summed E-state index contributed by atoms with van der Waals surface area (Å²) in [7, 11) is 0. The van der Waals surface area contributed by atoms with Crippen LogP contribution in [0.25, 0.3) is 0 Å². The second kappa shape index (κ2) is 7.38. The monoisotopic (exact) mass is 321 g/mol. The Hall–Kier alpha value is -0.650. The first-order valence-corrected chi connectivity index (χ1v) is 7.91. The summed E-state index contributed by atoms with van der Waals surface area (Å²) in [5.41, 5.74) is 0.337. The van der Waals surface area contributed by atoms with Gasteiger partial charge in [-0.05, 0) is 51.8 Å². The van der Waals surface area contributed by atoms with Crippen LogP contribution in [0.1, 0.15) is 39.2 Å². The summed E-state index contributed by atoms with van der Waals surface area (Å²) in [5.74, 6) is -0.759. The molecule has 1 rings (SSSR count). The molecule has 2 nitrogen and oxygen atoms in total. The smallest absolute Gasteiger partial charge is 0.144 e. The third-order valence-electron chi connectivity index (χ3n) is 2.50. The zero-order chi connectivity index (χ0) is 15.3. The lowest BCUT2D eigenvalue weighted by Crippen LogP contribution is -2.27.